The van der Waals surface area contributed by atoms with Gasteiger partial charge in [-0.2, -0.15) is 0 Å². The van der Waals surface area contributed by atoms with E-state index in [9.17, 15) is 25.3 Å². The molecule has 0 unspecified atom stereocenters. The summed E-state index contributed by atoms with van der Waals surface area (Å²) in [6, 6.07) is 10.4. The van der Waals surface area contributed by atoms with Crippen molar-refractivity contribution < 1.29 is 149 Å². The molecule has 0 amide bonds. The van der Waals surface area contributed by atoms with Gasteiger partial charge in [-0.25, -0.2) is 39.4 Å². The average molecular weight is 809 g/mol. The topological polar surface area (TPSA) is 139 Å². The van der Waals surface area contributed by atoms with E-state index < -0.39 is 30.1 Å². The van der Waals surface area contributed by atoms with Gasteiger partial charge in [0.2, 0.25) is 20.0 Å². The Morgan fingerprint density at radius 1 is 0.692 bits per heavy atom. The van der Waals surface area contributed by atoms with E-state index in [0.29, 0.717) is 0 Å². The fourth-order valence-corrected chi connectivity index (χ4v) is 1.19. The Morgan fingerprint density at radius 2 is 0.962 bits per heavy atom. The number of sulfonamides is 3. The molecule has 9 nitrogen and oxygen atoms in total. The molecule has 0 aliphatic rings. The van der Waals surface area contributed by atoms with Crippen LogP contribution in [0.25, 0.3) is 0 Å². The second-order valence-corrected chi connectivity index (χ2v) is 9.46. The standard InChI is InChI=1S/C7H6NO2S.2C2H7NO2S.3Pr/c1-8-11(9,10)7-5-3-2-4-6-7;2*1-3-6(2,4)5;;;/h3-4,8H,1H3;2*3H,1-2H3;;;/q-3;;;;;. The second-order valence-electron chi connectivity index (χ2n) is 3.73. The molecule has 3 radical (unpaired) electrons. The summed E-state index contributed by atoms with van der Waals surface area (Å²) in [5, 5.41) is 0. The second kappa shape index (κ2) is 20.0. The Balaban J connectivity index is -0.0000000863. The first-order valence-corrected chi connectivity index (χ1v) is 11.1. The van der Waals surface area contributed by atoms with Crippen LogP contribution in [0.15, 0.2) is 17.0 Å². The Labute approximate surface area is 257 Å². The maximum Gasteiger partial charge on any atom is 0.208 e. The molecule has 0 bridgehead atoms. The van der Waals surface area contributed by atoms with E-state index in [1.807, 2.05) is 0 Å². The summed E-state index contributed by atoms with van der Waals surface area (Å²) >= 11 is 0. The monoisotopic (exact) mass is 809 g/mol. The van der Waals surface area contributed by atoms with Gasteiger partial charge in [0.1, 0.15) is 0 Å². The summed E-state index contributed by atoms with van der Waals surface area (Å²) in [7, 11) is -5.12. The molecule has 0 aromatic heterocycles. The van der Waals surface area contributed by atoms with Crippen LogP contribution in [0.5, 0.6) is 0 Å². The summed E-state index contributed by atoms with van der Waals surface area (Å²) in [4.78, 5) is 0.0127. The molecule has 0 heterocycles. The molecule has 1 rings (SSSR count). The van der Waals surface area contributed by atoms with Gasteiger partial charge < -0.3 is 30.3 Å². The molecule has 0 spiro atoms. The van der Waals surface area contributed by atoms with Crippen molar-refractivity contribution in [3.05, 3.63) is 30.3 Å². The third kappa shape index (κ3) is 27.0. The number of hydrogen-bond acceptors (Lipinski definition) is 6. The van der Waals surface area contributed by atoms with E-state index in [2.05, 4.69) is 32.4 Å². The van der Waals surface area contributed by atoms with E-state index in [0.717, 1.165) is 12.5 Å². The van der Waals surface area contributed by atoms with Crippen molar-refractivity contribution in [2.45, 2.75) is 4.90 Å². The molecule has 26 heavy (non-hydrogen) atoms. The van der Waals surface area contributed by atoms with Crippen molar-refractivity contribution in [3.63, 3.8) is 0 Å². The van der Waals surface area contributed by atoms with Crippen LogP contribution in [0.3, 0.4) is 0 Å². The van der Waals surface area contributed by atoms with Crippen LogP contribution >= 0.6 is 0 Å². The number of hydrogen-bond donors (Lipinski definition) is 3. The maximum absolute atomic E-state index is 11.0. The van der Waals surface area contributed by atoms with Crippen molar-refractivity contribution >= 4 is 30.1 Å². The van der Waals surface area contributed by atoms with E-state index in [1.165, 1.54) is 33.3 Å². The molecular weight excluding hydrogens is 789 g/mol. The van der Waals surface area contributed by atoms with Crippen LogP contribution in [-0.2, 0) is 30.1 Å². The fourth-order valence-electron chi connectivity index (χ4n) is 0.555. The first kappa shape index (κ1) is 39.5. The van der Waals surface area contributed by atoms with Gasteiger partial charge in [0.05, 0.1) is 12.5 Å². The third-order valence-electron chi connectivity index (χ3n) is 1.85. The normalized spacial score (nSPS) is 10.2. The summed E-state index contributed by atoms with van der Waals surface area (Å²) in [5.41, 5.74) is 0. The molecule has 0 aliphatic carbocycles. The zero-order valence-corrected chi connectivity index (χ0v) is 28.6. The van der Waals surface area contributed by atoms with Gasteiger partial charge in [-0.3, -0.25) is 4.90 Å². The predicted octanol–water partition coefficient (Wildman–Crippen LogP) is -1.67. The first-order valence-electron chi connectivity index (χ1n) is 5.79. The Morgan fingerprint density at radius 3 is 1.15 bits per heavy atom. The molecule has 1 aromatic carbocycles. The predicted molar refractivity (Wildman–Crippen MR) is 87.0 cm³/mol. The molecular formula is C11H20N3O6Pr3S3-3. The van der Waals surface area contributed by atoms with Crippen molar-refractivity contribution in [3.8, 4) is 0 Å². The minimum absolute atomic E-state index is 0. The van der Waals surface area contributed by atoms with Crippen LogP contribution in [0, 0.1) is 142 Å². The van der Waals surface area contributed by atoms with Crippen LogP contribution in [0.1, 0.15) is 0 Å². The van der Waals surface area contributed by atoms with Crippen molar-refractivity contribution in [1.82, 2.24) is 14.2 Å². The Hall–Kier alpha value is 3.04. The first-order chi connectivity index (χ1) is 10.3. The minimum Gasteiger partial charge on any atom is -0.545 e. The molecule has 145 valence electrons. The largest absolute Gasteiger partial charge is 0.545 e. The van der Waals surface area contributed by atoms with Gasteiger partial charge in [-0.1, -0.05) is 0 Å². The number of nitrogens with one attached hydrogen (secondary N) is 3. The van der Waals surface area contributed by atoms with E-state index in [1.54, 1.807) is 0 Å². The van der Waals surface area contributed by atoms with Gasteiger partial charge in [0, 0.05) is 124 Å². The SMILES string of the molecule is CNS(=O)(=O)c1[c-]c[c-]c[c-]1.CNS(C)(=O)=O.CNS(C)(=O)=O.[Pr].[Pr].[Pr]. The summed E-state index contributed by atoms with van der Waals surface area (Å²) in [6.07, 6.45) is 2.21. The van der Waals surface area contributed by atoms with Crippen LogP contribution in [0.2, 0.25) is 0 Å². The zero-order valence-electron chi connectivity index (χ0n) is 15.1. The molecule has 15 heteroatoms. The van der Waals surface area contributed by atoms with Crippen molar-refractivity contribution in [1.29, 1.82) is 0 Å². The van der Waals surface area contributed by atoms with E-state index in [4.69, 9.17) is 0 Å². The minimum atomic E-state index is -3.38. The quantitative estimate of drug-likeness (QED) is 0.312. The van der Waals surface area contributed by atoms with Gasteiger partial charge >= 0.3 is 0 Å². The molecule has 0 saturated carbocycles. The van der Waals surface area contributed by atoms with Gasteiger partial charge in [0.15, 0.2) is 10.0 Å². The molecule has 0 aliphatic heterocycles. The van der Waals surface area contributed by atoms with Crippen LogP contribution in [-0.4, -0.2) is 58.9 Å². The van der Waals surface area contributed by atoms with Crippen LogP contribution in [0.4, 0.5) is 0 Å². The maximum atomic E-state index is 11.0. The fraction of sp³-hybridized carbons (Fsp3) is 0.455. The van der Waals surface area contributed by atoms with E-state index >= 15 is 0 Å². The Kier molecular flexibility index (Phi) is 30.3. The smallest absolute Gasteiger partial charge is 0.208 e. The van der Waals surface area contributed by atoms with E-state index in [-0.39, 0.29) is 129 Å². The van der Waals surface area contributed by atoms with Crippen molar-refractivity contribution in [2.75, 3.05) is 33.7 Å². The number of benzene rings is 1. The summed E-state index contributed by atoms with van der Waals surface area (Å²) in [5.74, 6) is 0. The zero-order chi connectivity index (χ0) is 18.7. The average Bonchev–Trinajstić information content (AvgIpc) is 2.48. The third-order valence-corrected chi connectivity index (χ3v) is 4.65. The summed E-state index contributed by atoms with van der Waals surface area (Å²) < 4.78 is 67.9. The van der Waals surface area contributed by atoms with Gasteiger partial charge in [-0.15, -0.1) is 0 Å². The molecule has 0 saturated heterocycles. The summed E-state index contributed by atoms with van der Waals surface area (Å²) in [6.45, 7) is 0. The van der Waals surface area contributed by atoms with Crippen LogP contribution < -0.4 is 14.2 Å². The van der Waals surface area contributed by atoms with Crippen molar-refractivity contribution in [2.24, 2.45) is 0 Å². The molecule has 0 atom stereocenters. The molecule has 1 aromatic rings. The molecule has 0 fully saturated rings. The Bertz CT molecular complexity index is 725. The molecule has 3 N–H and O–H groups in total. The van der Waals surface area contributed by atoms with Gasteiger partial charge in [0.25, 0.3) is 0 Å². The number of rotatable bonds is 4. The van der Waals surface area contributed by atoms with Gasteiger partial charge in [-0.05, 0) is 21.1 Å².